The number of aliphatic hydroxyl groups is 1. The Bertz CT molecular complexity index is 343. The molecule has 2 heterocycles. The molecule has 90 valence electrons. The van der Waals surface area contributed by atoms with Crippen LogP contribution < -0.4 is 5.32 Å². The predicted octanol–water partition coefficient (Wildman–Crippen LogP) is 0.839. The summed E-state index contributed by atoms with van der Waals surface area (Å²) in [7, 11) is 0. The Morgan fingerprint density at radius 1 is 1.44 bits per heavy atom. The lowest BCUT2D eigenvalue weighted by atomic mass is 9.92. The van der Waals surface area contributed by atoms with E-state index >= 15 is 0 Å². The fourth-order valence-corrected chi connectivity index (χ4v) is 1.95. The average molecular weight is 225 g/mol. The summed E-state index contributed by atoms with van der Waals surface area (Å²) in [4.78, 5) is 4.29. The quantitative estimate of drug-likeness (QED) is 0.797. The topological polar surface area (TPSA) is 71.2 Å². The van der Waals surface area contributed by atoms with E-state index in [1.165, 1.54) is 0 Å². The zero-order valence-electron chi connectivity index (χ0n) is 9.86. The molecule has 1 saturated heterocycles. The van der Waals surface area contributed by atoms with Gasteiger partial charge in [0.1, 0.15) is 5.60 Å². The number of hydrogen-bond acceptors (Lipinski definition) is 5. The average Bonchev–Trinajstić information content (AvgIpc) is 2.67. The van der Waals surface area contributed by atoms with Gasteiger partial charge < -0.3 is 14.9 Å². The molecule has 0 spiro atoms. The van der Waals surface area contributed by atoms with Crippen molar-refractivity contribution in [3.05, 3.63) is 11.7 Å². The van der Waals surface area contributed by atoms with Crippen LogP contribution in [0.4, 0.5) is 0 Å². The highest BCUT2D eigenvalue weighted by Crippen LogP contribution is 2.29. The highest BCUT2D eigenvalue weighted by Gasteiger charge is 2.36. The molecule has 0 aliphatic carbocycles. The SMILES string of the molecule is CC(C)Cc1noc(C2(O)CCNCC2)n1. The lowest BCUT2D eigenvalue weighted by molar-refractivity contribution is -0.0228. The Balaban J connectivity index is 2.10. The summed E-state index contributed by atoms with van der Waals surface area (Å²) in [6.07, 6.45) is 2.06. The minimum Gasteiger partial charge on any atom is -0.380 e. The van der Waals surface area contributed by atoms with E-state index < -0.39 is 5.60 Å². The number of rotatable bonds is 3. The van der Waals surface area contributed by atoms with E-state index in [0.717, 1.165) is 19.5 Å². The second-order valence-electron chi connectivity index (χ2n) is 4.90. The van der Waals surface area contributed by atoms with Crippen molar-refractivity contribution in [2.75, 3.05) is 13.1 Å². The third-order valence-corrected chi connectivity index (χ3v) is 2.89. The van der Waals surface area contributed by atoms with Gasteiger partial charge in [-0.2, -0.15) is 4.98 Å². The van der Waals surface area contributed by atoms with Crippen LogP contribution in [0.3, 0.4) is 0 Å². The summed E-state index contributed by atoms with van der Waals surface area (Å²) in [5.41, 5.74) is -0.923. The van der Waals surface area contributed by atoms with E-state index in [4.69, 9.17) is 4.52 Å². The first-order valence-corrected chi connectivity index (χ1v) is 5.86. The summed E-state index contributed by atoms with van der Waals surface area (Å²) in [5, 5.41) is 17.5. The maximum absolute atomic E-state index is 10.4. The summed E-state index contributed by atoms with van der Waals surface area (Å²) in [5.74, 6) is 1.56. The number of hydrogen-bond donors (Lipinski definition) is 2. The van der Waals surface area contributed by atoms with Gasteiger partial charge in [-0.1, -0.05) is 19.0 Å². The van der Waals surface area contributed by atoms with Crippen LogP contribution in [0.1, 0.15) is 38.4 Å². The number of nitrogens with zero attached hydrogens (tertiary/aromatic N) is 2. The lowest BCUT2D eigenvalue weighted by Gasteiger charge is -2.28. The maximum atomic E-state index is 10.4. The highest BCUT2D eigenvalue weighted by atomic mass is 16.5. The van der Waals surface area contributed by atoms with Gasteiger partial charge in [-0.15, -0.1) is 0 Å². The van der Waals surface area contributed by atoms with Crippen LogP contribution in [0, 0.1) is 5.92 Å². The fraction of sp³-hybridized carbons (Fsp3) is 0.818. The molecule has 1 aromatic rings. The Kier molecular flexibility index (Phi) is 3.25. The molecule has 5 nitrogen and oxygen atoms in total. The van der Waals surface area contributed by atoms with Gasteiger partial charge >= 0.3 is 0 Å². The predicted molar refractivity (Wildman–Crippen MR) is 58.8 cm³/mol. The smallest absolute Gasteiger partial charge is 0.258 e. The van der Waals surface area contributed by atoms with Crippen LogP contribution in [0.2, 0.25) is 0 Å². The summed E-state index contributed by atoms with van der Waals surface area (Å²) < 4.78 is 5.17. The normalized spacial score (nSPS) is 20.2. The minimum absolute atomic E-state index is 0.379. The molecule has 5 heteroatoms. The van der Waals surface area contributed by atoms with E-state index in [9.17, 15) is 5.11 Å². The van der Waals surface area contributed by atoms with Gasteiger partial charge in [-0.25, -0.2) is 0 Å². The third kappa shape index (κ3) is 2.41. The standard InChI is InChI=1S/C11H19N3O2/c1-8(2)7-9-13-10(16-14-9)11(15)3-5-12-6-4-11/h8,12,15H,3-7H2,1-2H3. The summed E-state index contributed by atoms with van der Waals surface area (Å²) >= 11 is 0. The molecule has 1 fully saturated rings. The zero-order chi connectivity index (χ0) is 11.6. The second kappa shape index (κ2) is 4.51. The highest BCUT2D eigenvalue weighted by molar-refractivity contribution is 5.01. The molecule has 0 radical (unpaired) electrons. The Morgan fingerprint density at radius 3 is 2.75 bits per heavy atom. The molecular weight excluding hydrogens is 206 g/mol. The third-order valence-electron chi connectivity index (χ3n) is 2.89. The van der Waals surface area contributed by atoms with Gasteiger partial charge in [0.2, 0.25) is 0 Å². The van der Waals surface area contributed by atoms with Crippen LogP contribution in [0.15, 0.2) is 4.52 Å². The van der Waals surface area contributed by atoms with E-state index in [1.807, 2.05) is 0 Å². The first-order valence-electron chi connectivity index (χ1n) is 5.86. The van der Waals surface area contributed by atoms with Gasteiger partial charge in [-0.05, 0) is 31.8 Å². The van der Waals surface area contributed by atoms with Gasteiger partial charge in [0.25, 0.3) is 5.89 Å². The van der Waals surface area contributed by atoms with Crippen LogP contribution in [0.5, 0.6) is 0 Å². The van der Waals surface area contributed by atoms with E-state index in [1.54, 1.807) is 0 Å². The first kappa shape index (κ1) is 11.5. The molecule has 2 N–H and O–H groups in total. The molecule has 0 bridgehead atoms. The molecule has 1 aliphatic heterocycles. The molecule has 1 aromatic heterocycles. The molecule has 0 unspecified atom stereocenters. The number of nitrogens with one attached hydrogen (secondary N) is 1. The van der Waals surface area contributed by atoms with Crippen molar-refractivity contribution in [3.63, 3.8) is 0 Å². The van der Waals surface area contributed by atoms with Gasteiger partial charge in [0.15, 0.2) is 5.82 Å². The minimum atomic E-state index is -0.923. The largest absolute Gasteiger partial charge is 0.380 e. The van der Waals surface area contributed by atoms with Gasteiger partial charge in [0.05, 0.1) is 0 Å². The van der Waals surface area contributed by atoms with Crippen molar-refractivity contribution in [1.29, 1.82) is 0 Å². The number of aromatic nitrogens is 2. The monoisotopic (exact) mass is 225 g/mol. The molecule has 0 aromatic carbocycles. The maximum Gasteiger partial charge on any atom is 0.258 e. The van der Waals surface area contributed by atoms with Crippen molar-refractivity contribution < 1.29 is 9.63 Å². The van der Waals surface area contributed by atoms with Crippen LogP contribution in [-0.2, 0) is 12.0 Å². The zero-order valence-corrected chi connectivity index (χ0v) is 9.86. The summed E-state index contributed by atoms with van der Waals surface area (Å²) in [6, 6.07) is 0. The van der Waals surface area contributed by atoms with Gasteiger partial charge in [0, 0.05) is 6.42 Å². The van der Waals surface area contributed by atoms with Crippen LogP contribution >= 0.6 is 0 Å². The molecule has 0 amide bonds. The van der Waals surface area contributed by atoms with E-state index in [2.05, 4.69) is 29.3 Å². The van der Waals surface area contributed by atoms with Crippen molar-refractivity contribution in [2.24, 2.45) is 5.92 Å². The first-order chi connectivity index (χ1) is 7.60. The second-order valence-corrected chi connectivity index (χ2v) is 4.90. The number of piperidine rings is 1. The van der Waals surface area contributed by atoms with Gasteiger partial charge in [-0.3, -0.25) is 0 Å². The molecule has 2 rings (SSSR count). The van der Waals surface area contributed by atoms with E-state index in [0.29, 0.717) is 30.5 Å². The van der Waals surface area contributed by atoms with Crippen molar-refractivity contribution in [1.82, 2.24) is 15.5 Å². The van der Waals surface area contributed by atoms with Crippen molar-refractivity contribution >= 4 is 0 Å². The molecule has 1 aliphatic rings. The lowest BCUT2D eigenvalue weighted by Crippen LogP contribution is -2.39. The molecule has 0 atom stereocenters. The Morgan fingerprint density at radius 2 is 2.12 bits per heavy atom. The van der Waals surface area contributed by atoms with Crippen molar-refractivity contribution in [3.8, 4) is 0 Å². The molecular formula is C11H19N3O2. The van der Waals surface area contributed by atoms with Crippen molar-refractivity contribution in [2.45, 2.75) is 38.7 Å². The van der Waals surface area contributed by atoms with E-state index in [-0.39, 0.29) is 0 Å². The molecule has 0 saturated carbocycles. The van der Waals surface area contributed by atoms with Crippen LogP contribution in [-0.4, -0.2) is 28.3 Å². The Labute approximate surface area is 95.2 Å². The molecule has 16 heavy (non-hydrogen) atoms. The fourth-order valence-electron chi connectivity index (χ4n) is 1.95. The summed E-state index contributed by atoms with van der Waals surface area (Å²) in [6.45, 7) is 5.79. The van der Waals surface area contributed by atoms with Crippen LogP contribution in [0.25, 0.3) is 0 Å². The Hall–Kier alpha value is -0.940.